The van der Waals surface area contributed by atoms with Gasteiger partial charge >= 0.3 is 0 Å². The van der Waals surface area contributed by atoms with Crippen LogP contribution in [-0.2, 0) is 11.2 Å². The van der Waals surface area contributed by atoms with E-state index in [2.05, 4.69) is 24.4 Å². The molecule has 1 amide bonds. The van der Waals surface area contributed by atoms with E-state index in [0.29, 0.717) is 17.9 Å². The van der Waals surface area contributed by atoms with Gasteiger partial charge in [-0.15, -0.1) is 0 Å². The number of anilines is 1. The zero-order valence-corrected chi connectivity index (χ0v) is 14.7. The van der Waals surface area contributed by atoms with Crippen molar-refractivity contribution in [2.75, 3.05) is 18.5 Å². The van der Waals surface area contributed by atoms with Gasteiger partial charge in [0.05, 0.1) is 11.7 Å². The molecule has 3 rings (SSSR count). The van der Waals surface area contributed by atoms with Gasteiger partial charge in [-0.3, -0.25) is 4.79 Å². The molecule has 1 aliphatic rings. The summed E-state index contributed by atoms with van der Waals surface area (Å²) in [5.41, 5.74) is 2.61. The molecule has 4 nitrogen and oxygen atoms in total. The number of para-hydroxylation sites is 1. The lowest BCUT2D eigenvalue weighted by molar-refractivity contribution is 0.0673. The summed E-state index contributed by atoms with van der Waals surface area (Å²) in [5.74, 6) is 0.435. The summed E-state index contributed by atoms with van der Waals surface area (Å²) in [4.78, 5) is 12.6. The highest BCUT2D eigenvalue weighted by Gasteiger charge is 2.18. The van der Waals surface area contributed by atoms with Crippen molar-refractivity contribution in [2.45, 2.75) is 38.7 Å². The molecule has 25 heavy (non-hydrogen) atoms. The second-order valence-electron chi connectivity index (χ2n) is 6.34. The molecule has 4 heteroatoms. The minimum atomic E-state index is -0.161. The Morgan fingerprint density at radius 2 is 2.00 bits per heavy atom. The maximum absolute atomic E-state index is 12.6. The first kappa shape index (κ1) is 17.5. The topological polar surface area (TPSA) is 47.6 Å². The van der Waals surface area contributed by atoms with Gasteiger partial charge in [0, 0.05) is 12.3 Å². The SMILES string of the molecule is CCCc1ccc(NC(=O)c2ccccc2OCC2CCCO2)cc1. The molecular formula is C21H25NO3. The van der Waals surface area contributed by atoms with Gasteiger partial charge in [0.15, 0.2) is 0 Å². The first-order valence-corrected chi connectivity index (χ1v) is 9.00. The highest BCUT2D eigenvalue weighted by molar-refractivity contribution is 6.06. The third-order valence-corrected chi connectivity index (χ3v) is 4.33. The third-order valence-electron chi connectivity index (χ3n) is 4.33. The Bertz CT molecular complexity index is 691. The Hall–Kier alpha value is -2.33. The Balaban J connectivity index is 1.64. The Morgan fingerprint density at radius 1 is 1.20 bits per heavy atom. The molecule has 0 bridgehead atoms. The summed E-state index contributed by atoms with van der Waals surface area (Å²) in [6.45, 7) is 3.43. The first-order valence-electron chi connectivity index (χ1n) is 9.00. The molecule has 0 aliphatic carbocycles. The van der Waals surface area contributed by atoms with Crippen LogP contribution < -0.4 is 10.1 Å². The molecule has 2 aromatic carbocycles. The minimum absolute atomic E-state index is 0.127. The summed E-state index contributed by atoms with van der Waals surface area (Å²) < 4.78 is 11.4. The summed E-state index contributed by atoms with van der Waals surface area (Å²) in [6.07, 6.45) is 4.38. The number of carbonyl (C=O) groups excluding carboxylic acids is 1. The largest absolute Gasteiger partial charge is 0.490 e. The summed E-state index contributed by atoms with van der Waals surface area (Å²) >= 11 is 0. The van der Waals surface area contributed by atoms with Crippen LogP contribution in [0, 0.1) is 0 Å². The second kappa shape index (κ2) is 8.67. The van der Waals surface area contributed by atoms with E-state index in [1.54, 1.807) is 6.07 Å². The lowest BCUT2D eigenvalue weighted by Crippen LogP contribution is -2.19. The van der Waals surface area contributed by atoms with Gasteiger partial charge in [-0.25, -0.2) is 0 Å². The van der Waals surface area contributed by atoms with Gasteiger partial charge in [0.2, 0.25) is 0 Å². The van der Waals surface area contributed by atoms with Crippen LogP contribution in [0.1, 0.15) is 42.1 Å². The van der Waals surface area contributed by atoms with Crippen molar-refractivity contribution < 1.29 is 14.3 Å². The van der Waals surface area contributed by atoms with Crippen molar-refractivity contribution >= 4 is 11.6 Å². The smallest absolute Gasteiger partial charge is 0.259 e. The zero-order valence-electron chi connectivity index (χ0n) is 14.7. The van der Waals surface area contributed by atoms with E-state index in [9.17, 15) is 4.79 Å². The van der Waals surface area contributed by atoms with E-state index in [1.165, 1.54) is 5.56 Å². The lowest BCUT2D eigenvalue weighted by atomic mass is 10.1. The standard InChI is InChI=1S/C21H25NO3/c1-2-6-16-10-12-17(13-11-16)22-21(23)19-8-3-4-9-20(19)25-15-18-7-5-14-24-18/h3-4,8-13,18H,2,5-7,14-15H2,1H3,(H,22,23). The van der Waals surface area contributed by atoms with Crippen LogP contribution in [0.3, 0.4) is 0 Å². The van der Waals surface area contributed by atoms with E-state index >= 15 is 0 Å². The summed E-state index contributed by atoms with van der Waals surface area (Å²) in [6, 6.07) is 15.3. The van der Waals surface area contributed by atoms with E-state index in [1.807, 2.05) is 30.3 Å². The second-order valence-corrected chi connectivity index (χ2v) is 6.34. The van der Waals surface area contributed by atoms with Gasteiger partial charge in [0.1, 0.15) is 12.4 Å². The summed E-state index contributed by atoms with van der Waals surface area (Å²) in [5, 5.41) is 2.95. The molecule has 1 atom stereocenters. The van der Waals surface area contributed by atoms with Crippen LogP contribution >= 0.6 is 0 Å². The number of hydrogen-bond donors (Lipinski definition) is 1. The Kier molecular flexibility index (Phi) is 6.07. The fourth-order valence-corrected chi connectivity index (χ4v) is 2.98. The average Bonchev–Trinajstić information content (AvgIpc) is 3.16. The van der Waals surface area contributed by atoms with E-state index in [0.717, 1.165) is 38.0 Å². The predicted molar refractivity (Wildman–Crippen MR) is 99.3 cm³/mol. The molecular weight excluding hydrogens is 314 g/mol. The van der Waals surface area contributed by atoms with Crippen molar-refractivity contribution in [3.8, 4) is 5.75 Å². The van der Waals surface area contributed by atoms with E-state index in [-0.39, 0.29) is 12.0 Å². The van der Waals surface area contributed by atoms with Gasteiger partial charge in [-0.05, 0) is 49.1 Å². The molecule has 1 N–H and O–H groups in total. The van der Waals surface area contributed by atoms with Crippen molar-refractivity contribution in [3.63, 3.8) is 0 Å². The normalized spacial score (nSPS) is 16.6. The number of aryl methyl sites for hydroxylation is 1. The van der Waals surface area contributed by atoms with Crippen LogP contribution in [0.15, 0.2) is 48.5 Å². The van der Waals surface area contributed by atoms with Crippen LogP contribution in [0.2, 0.25) is 0 Å². The molecule has 0 spiro atoms. The summed E-state index contributed by atoms with van der Waals surface area (Å²) in [7, 11) is 0. The number of rotatable bonds is 7. The van der Waals surface area contributed by atoms with Crippen molar-refractivity contribution in [1.82, 2.24) is 0 Å². The van der Waals surface area contributed by atoms with Gasteiger partial charge < -0.3 is 14.8 Å². The molecule has 2 aromatic rings. The minimum Gasteiger partial charge on any atom is -0.490 e. The number of benzene rings is 2. The van der Waals surface area contributed by atoms with Crippen LogP contribution in [0.25, 0.3) is 0 Å². The van der Waals surface area contributed by atoms with E-state index in [4.69, 9.17) is 9.47 Å². The molecule has 0 radical (unpaired) electrons. The lowest BCUT2D eigenvalue weighted by Gasteiger charge is -2.14. The molecule has 1 saturated heterocycles. The maximum Gasteiger partial charge on any atom is 0.259 e. The molecule has 1 fully saturated rings. The highest BCUT2D eigenvalue weighted by atomic mass is 16.5. The van der Waals surface area contributed by atoms with Crippen molar-refractivity contribution in [2.24, 2.45) is 0 Å². The van der Waals surface area contributed by atoms with Gasteiger partial charge in [-0.2, -0.15) is 0 Å². The predicted octanol–water partition coefficient (Wildman–Crippen LogP) is 4.45. The third kappa shape index (κ3) is 4.83. The van der Waals surface area contributed by atoms with Gasteiger partial charge in [0.25, 0.3) is 5.91 Å². The zero-order chi connectivity index (χ0) is 17.5. The Morgan fingerprint density at radius 3 is 2.72 bits per heavy atom. The van der Waals surface area contributed by atoms with Crippen molar-refractivity contribution in [1.29, 1.82) is 0 Å². The average molecular weight is 339 g/mol. The first-order chi connectivity index (χ1) is 12.3. The quantitative estimate of drug-likeness (QED) is 0.811. The van der Waals surface area contributed by atoms with Crippen LogP contribution in [0.5, 0.6) is 5.75 Å². The molecule has 1 unspecified atom stereocenters. The number of nitrogens with one attached hydrogen (secondary N) is 1. The highest BCUT2D eigenvalue weighted by Crippen LogP contribution is 2.22. The number of ether oxygens (including phenoxy) is 2. The fraction of sp³-hybridized carbons (Fsp3) is 0.381. The number of amides is 1. The molecule has 132 valence electrons. The molecule has 1 heterocycles. The Labute approximate surface area is 149 Å². The molecule has 1 aliphatic heterocycles. The number of carbonyl (C=O) groups is 1. The van der Waals surface area contributed by atoms with Crippen molar-refractivity contribution in [3.05, 3.63) is 59.7 Å². The van der Waals surface area contributed by atoms with E-state index < -0.39 is 0 Å². The van der Waals surface area contributed by atoms with Crippen LogP contribution in [0.4, 0.5) is 5.69 Å². The fourth-order valence-electron chi connectivity index (χ4n) is 2.98. The monoisotopic (exact) mass is 339 g/mol. The van der Waals surface area contributed by atoms with Gasteiger partial charge in [-0.1, -0.05) is 37.6 Å². The van der Waals surface area contributed by atoms with Crippen LogP contribution in [-0.4, -0.2) is 25.2 Å². The number of hydrogen-bond acceptors (Lipinski definition) is 3. The molecule has 0 aromatic heterocycles. The molecule has 0 saturated carbocycles. The maximum atomic E-state index is 12.6.